The number of carbonyl (C=O) groups excluding carboxylic acids is 1. The van der Waals surface area contributed by atoms with Crippen LogP contribution >= 0.6 is 0 Å². The number of amides is 1. The lowest BCUT2D eigenvalue weighted by atomic mass is 9.46. The molecule has 2 aromatic rings. The maximum Gasteiger partial charge on any atom is 0.263 e. The molecule has 6 nitrogen and oxygen atoms in total. The van der Waals surface area contributed by atoms with Gasteiger partial charge in [-0.25, -0.2) is 0 Å². The average molecular weight is 516 g/mol. The Balaban J connectivity index is 1.35. The van der Waals surface area contributed by atoms with Crippen LogP contribution in [0.2, 0.25) is 0 Å². The van der Waals surface area contributed by atoms with Crippen molar-refractivity contribution in [1.29, 1.82) is 0 Å². The predicted octanol–water partition coefficient (Wildman–Crippen LogP) is 4.34. The largest absolute Gasteiger partial charge is 0.508 e. The second-order valence-corrected chi connectivity index (χ2v) is 13.1. The Kier molecular flexibility index (Phi) is 5.43. The van der Waals surface area contributed by atoms with E-state index in [4.69, 9.17) is 0 Å². The number of phenols is 1. The number of aromatic nitrogens is 1. The SMILES string of the molecule is CCc1ccc(O)cc1C12CCN(CC3CC3)C(C)C13CCC1C2[C@@H](CN1C(=O)c1cccn(C)c1=O)C3. The van der Waals surface area contributed by atoms with Gasteiger partial charge < -0.3 is 14.6 Å². The molecule has 1 N–H and O–H groups in total. The minimum Gasteiger partial charge on any atom is -0.508 e. The molecule has 3 heterocycles. The first kappa shape index (κ1) is 24.4. The highest BCUT2D eigenvalue weighted by Gasteiger charge is 2.74. The highest BCUT2D eigenvalue weighted by atomic mass is 16.3. The lowest BCUT2D eigenvalue weighted by molar-refractivity contribution is -0.0870. The fraction of sp³-hybridized carbons (Fsp3) is 0.625. The molecular formula is C32H41N3O3. The molecule has 5 unspecified atom stereocenters. The van der Waals surface area contributed by atoms with E-state index in [-0.39, 0.29) is 28.3 Å². The molecule has 6 atom stereocenters. The summed E-state index contributed by atoms with van der Waals surface area (Å²) in [5.74, 6) is 1.92. The Labute approximate surface area is 225 Å². The molecule has 2 saturated heterocycles. The number of hydrogen-bond donors (Lipinski definition) is 1. The third-order valence-electron chi connectivity index (χ3n) is 11.6. The molecule has 5 fully saturated rings. The van der Waals surface area contributed by atoms with Gasteiger partial charge in [-0.3, -0.25) is 14.5 Å². The van der Waals surface area contributed by atoms with E-state index in [2.05, 4.69) is 35.8 Å². The van der Waals surface area contributed by atoms with Crippen molar-refractivity contribution in [2.75, 3.05) is 19.6 Å². The summed E-state index contributed by atoms with van der Waals surface area (Å²) in [6, 6.07) is 10.2. The number of nitrogens with zero attached hydrogens (tertiary/aromatic N) is 3. The number of hydrogen-bond acceptors (Lipinski definition) is 4. The molecule has 7 rings (SSSR count). The summed E-state index contributed by atoms with van der Waals surface area (Å²) >= 11 is 0. The van der Waals surface area contributed by atoms with E-state index >= 15 is 0 Å². The second-order valence-electron chi connectivity index (χ2n) is 13.1. The van der Waals surface area contributed by atoms with Gasteiger partial charge in [0, 0.05) is 43.8 Å². The molecule has 2 aliphatic heterocycles. The fourth-order valence-corrected chi connectivity index (χ4v) is 9.91. The van der Waals surface area contributed by atoms with E-state index in [1.165, 1.54) is 35.1 Å². The molecule has 202 valence electrons. The molecule has 0 spiro atoms. The molecule has 3 saturated carbocycles. The van der Waals surface area contributed by atoms with Gasteiger partial charge in [-0.2, -0.15) is 0 Å². The van der Waals surface area contributed by atoms with E-state index in [9.17, 15) is 14.7 Å². The normalized spacial score (nSPS) is 35.9. The first-order valence-electron chi connectivity index (χ1n) is 14.8. The minimum absolute atomic E-state index is 0.0547. The van der Waals surface area contributed by atoms with Gasteiger partial charge in [0.1, 0.15) is 11.3 Å². The Morgan fingerprint density at radius 2 is 1.97 bits per heavy atom. The molecule has 1 amide bonds. The number of aryl methyl sites for hydroxylation is 2. The zero-order valence-corrected chi connectivity index (χ0v) is 23.0. The number of aromatic hydroxyl groups is 1. The lowest BCUT2D eigenvalue weighted by Gasteiger charge is -2.63. The van der Waals surface area contributed by atoms with Gasteiger partial charge in [-0.1, -0.05) is 13.0 Å². The summed E-state index contributed by atoms with van der Waals surface area (Å²) < 4.78 is 1.51. The lowest BCUT2D eigenvalue weighted by Crippen LogP contribution is -2.66. The highest BCUT2D eigenvalue weighted by molar-refractivity contribution is 5.94. The molecule has 0 radical (unpaired) electrons. The van der Waals surface area contributed by atoms with E-state index in [0.717, 1.165) is 51.1 Å². The highest BCUT2D eigenvalue weighted by Crippen LogP contribution is 2.73. The zero-order valence-electron chi connectivity index (χ0n) is 23.0. The Morgan fingerprint density at radius 3 is 2.74 bits per heavy atom. The quantitative estimate of drug-likeness (QED) is 0.644. The van der Waals surface area contributed by atoms with Gasteiger partial charge in [-0.05, 0) is 117 Å². The first-order valence-corrected chi connectivity index (χ1v) is 14.8. The van der Waals surface area contributed by atoms with Crippen LogP contribution in [0.4, 0.5) is 0 Å². The third-order valence-corrected chi connectivity index (χ3v) is 11.6. The van der Waals surface area contributed by atoms with Crippen molar-refractivity contribution in [3.8, 4) is 5.75 Å². The molecule has 3 aliphatic carbocycles. The number of phenolic OH excluding ortho intramolecular Hbond substituents is 1. The van der Waals surface area contributed by atoms with E-state index in [1.54, 1.807) is 25.4 Å². The van der Waals surface area contributed by atoms with Crippen molar-refractivity contribution in [3.05, 3.63) is 63.6 Å². The van der Waals surface area contributed by atoms with Crippen molar-refractivity contribution in [1.82, 2.24) is 14.4 Å². The fourth-order valence-electron chi connectivity index (χ4n) is 9.91. The number of rotatable bonds is 5. The maximum absolute atomic E-state index is 13.9. The number of benzene rings is 1. The Hall–Kier alpha value is -2.60. The smallest absolute Gasteiger partial charge is 0.263 e. The van der Waals surface area contributed by atoms with Crippen LogP contribution in [0.5, 0.6) is 5.75 Å². The standard InChI is InChI=1S/C32H41N3O3/c1-4-22-9-10-24(36)16-26(22)32-13-15-34(18-21-7-8-21)20(2)31(32)12-11-27-28(32)23(17-31)19-35(27)30(38)25-6-5-14-33(3)29(25)37/h5-6,9-10,14,16,20-21,23,27-28,36H,4,7-8,11-13,15,17-19H2,1-3H3/t20?,23-,27?,28?,31?,32?/m1/s1. The molecule has 1 aromatic carbocycles. The number of carbonyl (C=O) groups is 1. The van der Waals surface area contributed by atoms with E-state index in [1.807, 2.05) is 6.07 Å². The van der Waals surface area contributed by atoms with E-state index in [0.29, 0.717) is 29.2 Å². The van der Waals surface area contributed by atoms with Crippen molar-refractivity contribution >= 4 is 5.91 Å². The van der Waals surface area contributed by atoms with Crippen molar-refractivity contribution in [3.63, 3.8) is 0 Å². The molecular weight excluding hydrogens is 474 g/mol. The summed E-state index contributed by atoms with van der Waals surface area (Å²) in [6.45, 7) is 7.76. The number of piperidine rings is 1. The van der Waals surface area contributed by atoms with Crippen molar-refractivity contribution in [2.45, 2.75) is 76.3 Å². The zero-order chi connectivity index (χ0) is 26.4. The minimum atomic E-state index is -0.210. The molecule has 1 aromatic heterocycles. The van der Waals surface area contributed by atoms with Crippen LogP contribution < -0.4 is 5.56 Å². The van der Waals surface area contributed by atoms with Crippen LogP contribution in [-0.2, 0) is 18.9 Å². The Bertz CT molecular complexity index is 1350. The van der Waals surface area contributed by atoms with Gasteiger partial charge in [0.2, 0.25) is 0 Å². The van der Waals surface area contributed by atoms with Gasteiger partial charge >= 0.3 is 0 Å². The van der Waals surface area contributed by atoms with Crippen molar-refractivity contribution in [2.24, 2.45) is 30.2 Å². The van der Waals surface area contributed by atoms with E-state index < -0.39 is 0 Å². The maximum atomic E-state index is 13.9. The molecule has 5 aliphatic rings. The van der Waals surface area contributed by atoms with Crippen LogP contribution in [-0.4, -0.2) is 57.1 Å². The average Bonchev–Trinajstić information content (AvgIpc) is 3.61. The van der Waals surface area contributed by atoms with Crippen molar-refractivity contribution < 1.29 is 9.90 Å². The summed E-state index contributed by atoms with van der Waals surface area (Å²) in [6.07, 6.45) is 9.73. The van der Waals surface area contributed by atoms with Crippen LogP contribution in [0.25, 0.3) is 0 Å². The summed E-state index contributed by atoms with van der Waals surface area (Å²) in [5.41, 5.74) is 2.87. The second kappa shape index (κ2) is 8.45. The summed E-state index contributed by atoms with van der Waals surface area (Å²) in [4.78, 5) is 31.7. The summed E-state index contributed by atoms with van der Waals surface area (Å²) in [7, 11) is 1.72. The number of pyridine rings is 1. The molecule has 2 bridgehead atoms. The molecule has 6 heteroatoms. The number of likely N-dealkylation sites (tertiary alicyclic amines) is 2. The van der Waals surface area contributed by atoms with Crippen LogP contribution in [0.1, 0.15) is 73.9 Å². The monoisotopic (exact) mass is 515 g/mol. The summed E-state index contributed by atoms with van der Waals surface area (Å²) in [5, 5.41) is 10.8. The Morgan fingerprint density at radius 1 is 1.16 bits per heavy atom. The van der Waals surface area contributed by atoms with Gasteiger partial charge in [0.05, 0.1) is 0 Å². The van der Waals surface area contributed by atoms with Gasteiger partial charge in [-0.15, -0.1) is 0 Å². The molecule has 38 heavy (non-hydrogen) atoms. The third kappa shape index (κ3) is 3.16. The van der Waals surface area contributed by atoms with Crippen LogP contribution in [0.15, 0.2) is 41.3 Å². The van der Waals surface area contributed by atoms with Crippen LogP contribution in [0, 0.1) is 23.2 Å². The predicted molar refractivity (Wildman–Crippen MR) is 147 cm³/mol. The van der Waals surface area contributed by atoms with Crippen LogP contribution in [0.3, 0.4) is 0 Å². The first-order chi connectivity index (χ1) is 18.3. The van der Waals surface area contributed by atoms with Gasteiger partial charge in [0.25, 0.3) is 11.5 Å². The van der Waals surface area contributed by atoms with Gasteiger partial charge in [0.15, 0.2) is 0 Å². The topological polar surface area (TPSA) is 65.8 Å².